The van der Waals surface area contributed by atoms with Gasteiger partial charge >= 0.3 is 6.09 Å². The van der Waals surface area contributed by atoms with E-state index in [0.717, 1.165) is 35.1 Å². The Morgan fingerprint density at radius 2 is 1.70 bits per heavy atom. The van der Waals surface area contributed by atoms with Crippen LogP contribution in [0.1, 0.15) is 67.6 Å². The van der Waals surface area contributed by atoms with Crippen LogP contribution in [0.4, 0.5) is 4.79 Å². The third-order valence-corrected chi connectivity index (χ3v) is 6.86. The van der Waals surface area contributed by atoms with Crippen LogP contribution in [-0.4, -0.2) is 48.6 Å². The van der Waals surface area contributed by atoms with Gasteiger partial charge in [0, 0.05) is 31.2 Å². The lowest BCUT2D eigenvalue weighted by Crippen LogP contribution is -2.45. The fraction of sp³-hybridized carbons (Fsp3) is 0.400. The van der Waals surface area contributed by atoms with Crippen molar-refractivity contribution >= 4 is 12.0 Å². The number of alkyl carbamates (subject to hydrolysis) is 1. The summed E-state index contributed by atoms with van der Waals surface area (Å²) in [5.41, 5.74) is 4.21. The molecule has 0 saturated carbocycles. The van der Waals surface area contributed by atoms with Gasteiger partial charge in [0.2, 0.25) is 0 Å². The lowest BCUT2D eigenvalue weighted by molar-refractivity contribution is 0.0523. The Balaban J connectivity index is 1.69. The van der Waals surface area contributed by atoms with E-state index in [-0.39, 0.29) is 25.0 Å². The summed E-state index contributed by atoms with van der Waals surface area (Å²) >= 11 is 0. The van der Waals surface area contributed by atoms with Crippen LogP contribution in [-0.2, 0) is 22.4 Å². The number of nitrogens with zero attached hydrogens (tertiary/aromatic N) is 1. The SMILES string of the molecule is CCCCOCC(NC(=O)c1ccc(-c2cccc(CNC(=O)OC(C)(C)C)c2)cc1)C(CO)Cc1cccc(C#N)c1. The van der Waals surface area contributed by atoms with E-state index in [1.807, 2.05) is 69.3 Å². The minimum atomic E-state index is -0.564. The van der Waals surface area contributed by atoms with Crippen LogP contribution < -0.4 is 10.6 Å². The zero-order valence-electron chi connectivity index (χ0n) is 25.6. The third-order valence-electron chi connectivity index (χ3n) is 6.86. The van der Waals surface area contributed by atoms with E-state index in [9.17, 15) is 20.0 Å². The molecule has 0 spiro atoms. The highest BCUT2D eigenvalue weighted by atomic mass is 16.6. The van der Waals surface area contributed by atoms with Crippen molar-refractivity contribution in [3.8, 4) is 17.2 Å². The zero-order chi connectivity index (χ0) is 31.2. The molecule has 3 aromatic rings. The number of carbonyl (C=O) groups excluding carboxylic acids is 2. The Morgan fingerprint density at radius 3 is 2.37 bits per heavy atom. The van der Waals surface area contributed by atoms with Crippen LogP contribution in [0.3, 0.4) is 0 Å². The number of nitriles is 1. The molecule has 0 heterocycles. The van der Waals surface area contributed by atoms with Crippen LogP contribution in [0.2, 0.25) is 0 Å². The standard InChI is InChI=1S/C35H43N3O5/c1-5-6-17-42-24-32(31(23-39)19-25-9-7-10-26(18-25)21-36)38-33(40)29-15-13-28(14-16-29)30-12-8-11-27(20-30)22-37-34(41)43-35(2,3)4/h7-16,18,20,31-32,39H,5-6,17,19,22-24H2,1-4H3,(H,37,41)(H,38,40). The van der Waals surface area contributed by atoms with Crippen molar-refractivity contribution in [3.05, 3.63) is 95.1 Å². The van der Waals surface area contributed by atoms with Gasteiger partial charge in [-0.05, 0) is 86.2 Å². The Morgan fingerprint density at radius 1 is 0.977 bits per heavy atom. The molecular formula is C35H43N3O5. The molecule has 43 heavy (non-hydrogen) atoms. The predicted molar refractivity (Wildman–Crippen MR) is 167 cm³/mol. The number of unbranched alkanes of at least 4 members (excludes halogenated alkanes) is 1. The Kier molecular flexibility index (Phi) is 12.7. The molecule has 0 radical (unpaired) electrons. The highest BCUT2D eigenvalue weighted by Crippen LogP contribution is 2.22. The molecule has 2 unspecified atom stereocenters. The number of hydrogen-bond donors (Lipinski definition) is 3. The van der Waals surface area contributed by atoms with Crippen LogP contribution >= 0.6 is 0 Å². The number of aliphatic hydroxyl groups excluding tert-OH is 1. The molecule has 3 N–H and O–H groups in total. The summed E-state index contributed by atoms with van der Waals surface area (Å²) in [7, 11) is 0. The number of aliphatic hydroxyl groups is 1. The zero-order valence-corrected chi connectivity index (χ0v) is 25.6. The van der Waals surface area contributed by atoms with E-state index >= 15 is 0 Å². The van der Waals surface area contributed by atoms with E-state index < -0.39 is 17.7 Å². The minimum Gasteiger partial charge on any atom is -0.444 e. The second-order valence-electron chi connectivity index (χ2n) is 11.6. The molecule has 0 bridgehead atoms. The van der Waals surface area contributed by atoms with Crippen molar-refractivity contribution in [3.63, 3.8) is 0 Å². The van der Waals surface area contributed by atoms with E-state index in [0.29, 0.717) is 30.7 Å². The van der Waals surface area contributed by atoms with Crippen molar-refractivity contribution in [2.75, 3.05) is 19.8 Å². The highest BCUT2D eigenvalue weighted by Gasteiger charge is 2.24. The summed E-state index contributed by atoms with van der Waals surface area (Å²) in [6, 6.07) is 24.2. The number of ether oxygens (including phenoxy) is 2. The Labute approximate surface area is 255 Å². The molecule has 228 valence electrons. The molecule has 2 atom stereocenters. The first kappa shape index (κ1) is 33.3. The summed E-state index contributed by atoms with van der Waals surface area (Å²) in [6.07, 6.45) is 1.93. The lowest BCUT2D eigenvalue weighted by Gasteiger charge is -2.27. The number of carbonyl (C=O) groups is 2. The number of nitrogens with one attached hydrogen (secondary N) is 2. The van der Waals surface area contributed by atoms with Gasteiger partial charge in [0.25, 0.3) is 5.91 Å². The minimum absolute atomic E-state index is 0.142. The highest BCUT2D eigenvalue weighted by molar-refractivity contribution is 5.95. The molecule has 0 aromatic heterocycles. The molecular weight excluding hydrogens is 542 g/mol. The smallest absolute Gasteiger partial charge is 0.407 e. The fourth-order valence-corrected chi connectivity index (χ4v) is 4.57. The van der Waals surface area contributed by atoms with Gasteiger partial charge in [-0.15, -0.1) is 0 Å². The number of rotatable bonds is 14. The lowest BCUT2D eigenvalue weighted by atomic mass is 9.92. The molecule has 0 aliphatic rings. The van der Waals surface area contributed by atoms with Crippen molar-refractivity contribution in [2.24, 2.45) is 5.92 Å². The average molecular weight is 586 g/mol. The summed E-state index contributed by atoms with van der Waals surface area (Å²) in [4.78, 5) is 25.4. The molecule has 8 nitrogen and oxygen atoms in total. The summed E-state index contributed by atoms with van der Waals surface area (Å²) in [6.45, 7) is 8.58. The Hall–Kier alpha value is -4.19. The van der Waals surface area contributed by atoms with Crippen molar-refractivity contribution in [1.82, 2.24) is 10.6 Å². The molecule has 0 fully saturated rings. The van der Waals surface area contributed by atoms with Gasteiger partial charge in [-0.3, -0.25) is 4.79 Å². The van der Waals surface area contributed by atoms with Crippen LogP contribution in [0.5, 0.6) is 0 Å². The van der Waals surface area contributed by atoms with Gasteiger partial charge in [-0.25, -0.2) is 4.79 Å². The summed E-state index contributed by atoms with van der Waals surface area (Å²) < 4.78 is 11.2. The second kappa shape index (κ2) is 16.4. The molecule has 0 saturated heterocycles. The first-order valence-electron chi connectivity index (χ1n) is 14.8. The van der Waals surface area contributed by atoms with E-state index in [1.165, 1.54) is 0 Å². The number of benzene rings is 3. The Bertz CT molecular complexity index is 1380. The van der Waals surface area contributed by atoms with Crippen molar-refractivity contribution < 1.29 is 24.2 Å². The molecule has 3 aromatic carbocycles. The largest absolute Gasteiger partial charge is 0.444 e. The van der Waals surface area contributed by atoms with Gasteiger partial charge in [0.15, 0.2) is 0 Å². The third kappa shape index (κ3) is 11.2. The fourth-order valence-electron chi connectivity index (χ4n) is 4.57. The van der Waals surface area contributed by atoms with Gasteiger partial charge < -0.3 is 25.2 Å². The van der Waals surface area contributed by atoms with Crippen LogP contribution in [0.15, 0.2) is 72.8 Å². The molecule has 8 heteroatoms. The quantitative estimate of drug-likeness (QED) is 0.199. The first-order chi connectivity index (χ1) is 20.6. The normalized spacial score (nSPS) is 12.6. The van der Waals surface area contributed by atoms with Crippen molar-refractivity contribution in [1.29, 1.82) is 5.26 Å². The van der Waals surface area contributed by atoms with E-state index in [1.54, 1.807) is 24.3 Å². The van der Waals surface area contributed by atoms with Gasteiger partial charge in [0.1, 0.15) is 5.60 Å². The summed E-state index contributed by atoms with van der Waals surface area (Å²) in [5, 5.41) is 25.4. The van der Waals surface area contributed by atoms with E-state index in [2.05, 4.69) is 23.6 Å². The maximum atomic E-state index is 13.3. The number of hydrogen-bond acceptors (Lipinski definition) is 6. The predicted octanol–water partition coefficient (Wildman–Crippen LogP) is 6.02. The average Bonchev–Trinajstić information content (AvgIpc) is 3.00. The first-order valence-corrected chi connectivity index (χ1v) is 14.8. The maximum absolute atomic E-state index is 13.3. The monoisotopic (exact) mass is 585 g/mol. The second-order valence-corrected chi connectivity index (χ2v) is 11.6. The van der Waals surface area contributed by atoms with E-state index in [4.69, 9.17) is 9.47 Å². The van der Waals surface area contributed by atoms with Crippen LogP contribution in [0.25, 0.3) is 11.1 Å². The molecule has 0 aliphatic carbocycles. The molecule has 3 rings (SSSR count). The number of amides is 2. The molecule has 2 amide bonds. The van der Waals surface area contributed by atoms with Gasteiger partial charge in [-0.1, -0.05) is 55.8 Å². The summed E-state index contributed by atoms with van der Waals surface area (Å²) in [5.74, 6) is -0.550. The van der Waals surface area contributed by atoms with Gasteiger partial charge in [-0.2, -0.15) is 5.26 Å². The topological polar surface area (TPSA) is 121 Å². The maximum Gasteiger partial charge on any atom is 0.407 e. The molecule has 0 aliphatic heterocycles. The van der Waals surface area contributed by atoms with Gasteiger partial charge in [0.05, 0.1) is 24.3 Å². The van der Waals surface area contributed by atoms with Crippen LogP contribution in [0, 0.1) is 17.2 Å². The van der Waals surface area contributed by atoms with Crippen molar-refractivity contribution in [2.45, 2.75) is 65.1 Å².